The van der Waals surface area contributed by atoms with Gasteiger partial charge in [-0.3, -0.25) is 4.99 Å². The highest BCUT2D eigenvalue weighted by Gasteiger charge is 2.44. The van der Waals surface area contributed by atoms with Crippen molar-refractivity contribution >= 4 is 6.21 Å². The molecule has 0 aromatic carbocycles. The van der Waals surface area contributed by atoms with Crippen molar-refractivity contribution < 1.29 is 20.1 Å². The van der Waals surface area contributed by atoms with Crippen LogP contribution in [0.3, 0.4) is 0 Å². The molecule has 0 bridgehead atoms. The minimum atomic E-state index is -1.07. The summed E-state index contributed by atoms with van der Waals surface area (Å²) in [4.78, 5) is 6.52. The van der Waals surface area contributed by atoms with Crippen LogP contribution in [0.15, 0.2) is 16.8 Å². The summed E-state index contributed by atoms with van der Waals surface area (Å²) in [6, 6.07) is 0.441. The number of hydrogen-bond donors (Lipinski definition) is 4. The van der Waals surface area contributed by atoms with E-state index in [-0.39, 0.29) is 6.61 Å². The van der Waals surface area contributed by atoms with Crippen LogP contribution in [0, 0.1) is 0 Å². The highest BCUT2D eigenvalue weighted by molar-refractivity contribution is 5.80. The van der Waals surface area contributed by atoms with Crippen LogP contribution in [-0.4, -0.2) is 83.3 Å². The maximum absolute atomic E-state index is 10.1. The van der Waals surface area contributed by atoms with Crippen LogP contribution in [0.2, 0.25) is 0 Å². The average molecular weight is 297 g/mol. The Hall–Kier alpha value is -0.990. The minimum Gasteiger partial charge on any atom is -0.394 e. The molecular formula is C14H23N3O4. The molecule has 3 rings (SSSR count). The predicted molar refractivity (Wildman–Crippen MR) is 76.9 cm³/mol. The number of nitrogens with zero attached hydrogens (tertiary/aromatic N) is 2. The molecule has 0 amide bonds. The van der Waals surface area contributed by atoms with Gasteiger partial charge in [-0.05, 0) is 25.9 Å². The monoisotopic (exact) mass is 297 g/mol. The Morgan fingerprint density at radius 3 is 2.71 bits per heavy atom. The van der Waals surface area contributed by atoms with Gasteiger partial charge in [0.05, 0.1) is 6.61 Å². The largest absolute Gasteiger partial charge is 0.394 e. The van der Waals surface area contributed by atoms with Crippen LogP contribution in [-0.2, 0) is 4.74 Å². The summed E-state index contributed by atoms with van der Waals surface area (Å²) in [5.74, 6) is 0. The maximum Gasteiger partial charge on any atom is 0.114 e. The lowest BCUT2D eigenvalue weighted by Crippen LogP contribution is -2.42. The van der Waals surface area contributed by atoms with Gasteiger partial charge in [0.1, 0.15) is 31.1 Å². The summed E-state index contributed by atoms with van der Waals surface area (Å²) >= 11 is 0. The fourth-order valence-corrected chi connectivity index (χ4v) is 3.19. The van der Waals surface area contributed by atoms with Crippen molar-refractivity contribution in [3.05, 3.63) is 11.8 Å². The molecule has 0 aliphatic carbocycles. The number of rotatable bonds is 3. The highest BCUT2D eigenvalue weighted by Crippen LogP contribution is 2.27. The lowest BCUT2D eigenvalue weighted by Gasteiger charge is -2.35. The molecule has 3 aliphatic heterocycles. The summed E-state index contributed by atoms with van der Waals surface area (Å²) in [5, 5.41) is 32.4. The number of hydrogen-bond acceptors (Lipinski definition) is 7. The molecule has 0 aromatic heterocycles. The Balaban J connectivity index is 1.72. The fraction of sp³-hybridized carbons (Fsp3) is 0.786. The molecule has 0 unspecified atom stereocenters. The first-order chi connectivity index (χ1) is 10.2. The van der Waals surface area contributed by atoms with Crippen LogP contribution < -0.4 is 5.32 Å². The van der Waals surface area contributed by atoms with Gasteiger partial charge in [0.25, 0.3) is 0 Å². The zero-order valence-electron chi connectivity index (χ0n) is 11.9. The lowest BCUT2D eigenvalue weighted by molar-refractivity contribution is -0.0133. The maximum atomic E-state index is 10.1. The van der Waals surface area contributed by atoms with E-state index in [1.54, 1.807) is 6.21 Å². The van der Waals surface area contributed by atoms with Crippen LogP contribution >= 0.6 is 0 Å². The van der Waals surface area contributed by atoms with E-state index in [4.69, 9.17) is 9.84 Å². The van der Waals surface area contributed by atoms with E-state index in [1.807, 2.05) is 6.20 Å². The lowest BCUT2D eigenvalue weighted by atomic mass is 10.0. The van der Waals surface area contributed by atoms with Crippen molar-refractivity contribution in [3.8, 4) is 0 Å². The SMILES string of the molecule is OC[C@H]1O[C@@H](C2=CN(C3CCNCC3)CN=C2)[C@H](O)[C@@H]1O. The van der Waals surface area contributed by atoms with Crippen LogP contribution in [0.4, 0.5) is 0 Å². The van der Waals surface area contributed by atoms with Crippen LogP contribution in [0.1, 0.15) is 12.8 Å². The Labute approximate surface area is 123 Å². The zero-order valence-corrected chi connectivity index (χ0v) is 11.9. The van der Waals surface area contributed by atoms with Crippen LogP contribution in [0.25, 0.3) is 0 Å². The van der Waals surface area contributed by atoms with Gasteiger partial charge in [0, 0.05) is 24.0 Å². The van der Waals surface area contributed by atoms with Crippen molar-refractivity contribution in [2.45, 2.75) is 43.3 Å². The Kier molecular flexibility index (Phi) is 4.56. The van der Waals surface area contributed by atoms with Crippen molar-refractivity contribution in [1.29, 1.82) is 0 Å². The first-order valence-electron chi connectivity index (χ1n) is 7.51. The van der Waals surface area contributed by atoms with Crippen molar-refractivity contribution in [3.63, 3.8) is 0 Å². The predicted octanol–water partition coefficient (Wildman–Crippen LogP) is -1.55. The second-order valence-corrected chi connectivity index (χ2v) is 5.84. The molecular weight excluding hydrogens is 274 g/mol. The first kappa shape index (κ1) is 14.9. The van der Waals surface area contributed by atoms with Gasteiger partial charge in [-0.15, -0.1) is 0 Å². The number of aliphatic hydroxyl groups is 3. The summed E-state index contributed by atoms with van der Waals surface area (Å²) in [6.45, 7) is 2.31. The standard InChI is InChI=1S/C14H23N3O4/c18-7-11-12(19)13(20)14(21-11)9-5-16-8-17(6-9)10-1-3-15-4-2-10/h5-6,10-15,18-20H,1-4,7-8H2/t11-,12-,13-,14+/m1/s1. The average Bonchev–Trinajstić information content (AvgIpc) is 2.84. The summed E-state index contributed by atoms with van der Waals surface area (Å²) in [5.41, 5.74) is 0.752. The molecule has 3 aliphatic rings. The fourth-order valence-electron chi connectivity index (χ4n) is 3.19. The third-order valence-corrected chi connectivity index (χ3v) is 4.45. The Morgan fingerprint density at radius 2 is 2.05 bits per heavy atom. The molecule has 3 heterocycles. The first-order valence-corrected chi connectivity index (χ1v) is 7.51. The van der Waals surface area contributed by atoms with Gasteiger partial charge in [0.2, 0.25) is 0 Å². The third kappa shape index (κ3) is 2.97. The molecule has 0 saturated carbocycles. The number of nitrogens with one attached hydrogen (secondary N) is 1. The van der Waals surface area contributed by atoms with Crippen molar-refractivity contribution in [2.75, 3.05) is 26.4 Å². The molecule has 2 fully saturated rings. The summed E-state index contributed by atoms with van der Waals surface area (Å²) < 4.78 is 5.56. The molecule has 7 nitrogen and oxygen atoms in total. The smallest absolute Gasteiger partial charge is 0.114 e. The molecule has 7 heteroatoms. The van der Waals surface area contributed by atoms with Gasteiger partial charge in [-0.25, -0.2) is 0 Å². The molecule has 21 heavy (non-hydrogen) atoms. The molecule has 0 radical (unpaired) electrons. The van der Waals surface area contributed by atoms with Gasteiger partial charge >= 0.3 is 0 Å². The van der Waals surface area contributed by atoms with E-state index in [1.165, 1.54) is 0 Å². The van der Waals surface area contributed by atoms with E-state index in [0.29, 0.717) is 12.7 Å². The second-order valence-electron chi connectivity index (χ2n) is 5.84. The minimum absolute atomic E-state index is 0.308. The van der Waals surface area contributed by atoms with E-state index in [2.05, 4.69) is 15.2 Å². The van der Waals surface area contributed by atoms with Gasteiger partial charge < -0.3 is 30.3 Å². The zero-order chi connectivity index (χ0) is 14.8. The topological polar surface area (TPSA) is 97.6 Å². The molecule has 0 aromatic rings. The van der Waals surface area contributed by atoms with Gasteiger partial charge in [0.15, 0.2) is 0 Å². The van der Waals surface area contributed by atoms with E-state index >= 15 is 0 Å². The quantitative estimate of drug-likeness (QED) is 0.503. The third-order valence-electron chi connectivity index (χ3n) is 4.45. The number of aliphatic imine (C=N–C) groups is 1. The van der Waals surface area contributed by atoms with E-state index in [9.17, 15) is 10.2 Å². The molecule has 4 atom stereocenters. The molecule has 2 saturated heterocycles. The van der Waals surface area contributed by atoms with Gasteiger partial charge in [-0.1, -0.05) is 0 Å². The number of piperidine rings is 1. The van der Waals surface area contributed by atoms with Crippen LogP contribution in [0.5, 0.6) is 0 Å². The molecule has 0 spiro atoms. The van der Waals surface area contributed by atoms with E-state index in [0.717, 1.165) is 31.5 Å². The second kappa shape index (κ2) is 6.41. The summed E-state index contributed by atoms with van der Waals surface area (Å²) in [7, 11) is 0. The number of aliphatic hydroxyl groups excluding tert-OH is 3. The highest BCUT2D eigenvalue weighted by atomic mass is 16.6. The Morgan fingerprint density at radius 1 is 1.29 bits per heavy atom. The normalized spacial score (nSPS) is 37.9. The molecule has 118 valence electrons. The molecule has 4 N–H and O–H groups in total. The number of ether oxygens (including phenoxy) is 1. The van der Waals surface area contributed by atoms with Gasteiger partial charge in [-0.2, -0.15) is 0 Å². The Bertz CT molecular complexity index is 422. The summed E-state index contributed by atoms with van der Waals surface area (Å²) in [6.07, 6.45) is 2.32. The van der Waals surface area contributed by atoms with Crippen molar-refractivity contribution in [2.24, 2.45) is 4.99 Å². The van der Waals surface area contributed by atoms with E-state index < -0.39 is 24.4 Å². The van der Waals surface area contributed by atoms with Crippen molar-refractivity contribution in [1.82, 2.24) is 10.2 Å².